The molecule has 0 atom stereocenters. The number of hydrogen-bond donors (Lipinski definition) is 1. The summed E-state index contributed by atoms with van der Waals surface area (Å²) in [4.78, 5) is 10.8. The van der Waals surface area contributed by atoms with Gasteiger partial charge in [-0.25, -0.2) is 9.18 Å². The summed E-state index contributed by atoms with van der Waals surface area (Å²) in [6, 6.07) is 12.4. The predicted molar refractivity (Wildman–Crippen MR) is 68.6 cm³/mol. The molecule has 3 aromatic rings. The van der Waals surface area contributed by atoms with Crippen molar-refractivity contribution in [3.05, 3.63) is 59.9 Å². The zero-order chi connectivity index (χ0) is 13.4. The Labute approximate surface area is 107 Å². The SMILES string of the molecule is O=C(O)c1ccc(-c2cc3cc(F)ccc3o2)cc1. The number of hydrogen-bond acceptors (Lipinski definition) is 2. The highest BCUT2D eigenvalue weighted by Crippen LogP contribution is 2.28. The first-order valence-corrected chi connectivity index (χ1v) is 5.66. The summed E-state index contributed by atoms with van der Waals surface area (Å²) in [5.74, 6) is -0.711. The van der Waals surface area contributed by atoms with Crippen molar-refractivity contribution in [2.45, 2.75) is 0 Å². The summed E-state index contributed by atoms with van der Waals surface area (Å²) in [6.07, 6.45) is 0. The van der Waals surface area contributed by atoms with Crippen molar-refractivity contribution in [2.75, 3.05) is 0 Å². The Hall–Kier alpha value is -2.62. The molecule has 3 rings (SSSR count). The van der Waals surface area contributed by atoms with Gasteiger partial charge in [0.15, 0.2) is 0 Å². The van der Waals surface area contributed by atoms with E-state index in [1.165, 1.54) is 24.3 Å². The number of fused-ring (bicyclic) bond motifs is 1. The zero-order valence-corrected chi connectivity index (χ0v) is 9.76. The maximum absolute atomic E-state index is 13.1. The molecule has 0 aliphatic carbocycles. The Morgan fingerprint density at radius 3 is 2.47 bits per heavy atom. The van der Waals surface area contributed by atoms with Crippen LogP contribution in [0, 0.1) is 5.82 Å². The number of aromatic carboxylic acids is 1. The maximum Gasteiger partial charge on any atom is 0.335 e. The minimum Gasteiger partial charge on any atom is -0.478 e. The third kappa shape index (κ3) is 2.08. The van der Waals surface area contributed by atoms with Crippen molar-refractivity contribution < 1.29 is 18.7 Å². The predicted octanol–water partition coefficient (Wildman–Crippen LogP) is 3.94. The Kier molecular flexibility index (Phi) is 2.56. The largest absolute Gasteiger partial charge is 0.478 e. The molecule has 1 heterocycles. The van der Waals surface area contributed by atoms with Gasteiger partial charge in [0.05, 0.1) is 5.56 Å². The first kappa shape index (κ1) is 11.5. The van der Waals surface area contributed by atoms with E-state index < -0.39 is 5.97 Å². The summed E-state index contributed by atoms with van der Waals surface area (Å²) in [7, 11) is 0. The molecule has 3 nitrogen and oxygen atoms in total. The lowest BCUT2D eigenvalue weighted by atomic mass is 10.1. The molecule has 0 radical (unpaired) electrons. The van der Waals surface area contributed by atoms with Gasteiger partial charge in [-0.05, 0) is 36.4 Å². The molecule has 1 aromatic heterocycles. The smallest absolute Gasteiger partial charge is 0.335 e. The molecule has 2 aromatic carbocycles. The van der Waals surface area contributed by atoms with Crippen LogP contribution in [0.4, 0.5) is 4.39 Å². The van der Waals surface area contributed by atoms with Crippen LogP contribution in [0.3, 0.4) is 0 Å². The molecule has 0 saturated heterocycles. The number of halogens is 1. The molecule has 0 fully saturated rings. The molecule has 0 amide bonds. The fourth-order valence-corrected chi connectivity index (χ4v) is 1.93. The quantitative estimate of drug-likeness (QED) is 0.755. The summed E-state index contributed by atoms with van der Waals surface area (Å²) >= 11 is 0. The van der Waals surface area contributed by atoms with Crippen molar-refractivity contribution >= 4 is 16.9 Å². The fourth-order valence-electron chi connectivity index (χ4n) is 1.93. The molecular weight excluding hydrogens is 247 g/mol. The average molecular weight is 256 g/mol. The van der Waals surface area contributed by atoms with Gasteiger partial charge in [0, 0.05) is 10.9 Å². The van der Waals surface area contributed by atoms with E-state index in [1.807, 2.05) is 0 Å². The second kappa shape index (κ2) is 4.24. The van der Waals surface area contributed by atoms with Gasteiger partial charge in [-0.1, -0.05) is 12.1 Å². The molecule has 1 N–H and O–H groups in total. The van der Waals surface area contributed by atoms with Gasteiger partial charge in [0.1, 0.15) is 17.2 Å². The van der Waals surface area contributed by atoms with Crippen LogP contribution in [-0.2, 0) is 0 Å². The minimum absolute atomic E-state index is 0.214. The van der Waals surface area contributed by atoms with E-state index in [1.54, 1.807) is 24.3 Å². The lowest BCUT2D eigenvalue weighted by Crippen LogP contribution is -1.94. The number of furan rings is 1. The second-order valence-electron chi connectivity index (χ2n) is 4.18. The van der Waals surface area contributed by atoms with Gasteiger partial charge in [-0.2, -0.15) is 0 Å². The molecule has 4 heteroatoms. The zero-order valence-electron chi connectivity index (χ0n) is 9.76. The monoisotopic (exact) mass is 256 g/mol. The van der Waals surface area contributed by atoms with Crippen LogP contribution in [0.25, 0.3) is 22.3 Å². The van der Waals surface area contributed by atoms with Crippen LogP contribution in [0.15, 0.2) is 52.9 Å². The normalized spacial score (nSPS) is 10.8. The number of benzene rings is 2. The van der Waals surface area contributed by atoms with Crippen molar-refractivity contribution in [3.63, 3.8) is 0 Å². The van der Waals surface area contributed by atoms with Crippen molar-refractivity contribution in [1.82, 2.24) is 0 Å². The van der Waals surface area contributed by atoms with E-state index in [9.17, 15) is 9.18 Å². The van der Waals surface area contributed by atoms with Crippen LogP contribution in [0.5, 0.6) is 0 Å². The van der Waals surface area contributed by atoms with Crippen LogP contribution in [0.2, 0.25) is 0 Å². The number of carbonyl (C=O) groups is 1. The molecule has 94 valence electrons. The lowest BCUT2D eigenvalue weighted by molar-refractivity contribution is 0.0697. The van der Waals surface area contributed by atoms with E-state index in [0.29, 0.717) is 16.7 Å². The third-order valence-electron chi connectivity index (χ3n) is 2.89. The molecule has 0 spiro atoms. The summed E-state index contributed by atoms with van der Waals surface area (Å²) in [5, 5.41) is 9.50. The number of carboxylic acid groups (broad SMARTS) is 1. The minimum atomic E-state index is -0.974. The summed E-state index contributed by atoms with van der Waals surface area (Å²) < 4.78 is 18.7. The topological polar surface area (TPSA) is 50.4 Å². The highest BCUT2D eigenvalue weighted by atomic mass is 19.1. The van der Waals surface area contributed by atoms with Crippen LogP contribution in [0.1, 0.15) is 10.4 Å². The summed E-state index contributed by atoms with van der Waals surface area (Å²) in [5.41, 5.74) is 1.56. The second-order valence-corrected chi connectivity index (χ2v) is 4.18. The lowest BCUT2D eigenvalue weighted by Gasteiger charge is -1.97. The van der Waals surface area contributed by atoms with E-state index in [0.717, 1.165) is 5.56 Å². The van der Waals surface area contributed by atoms with Crippen LogP contribution in [-0.4, -0.2) is 11.1 Å². The van der Waals surface area contributed by atoms with Gasteiger partial charge >= 0.3 is 5.97 Å². The molecule has 0 unspecified atom stereocenters. The van der Waals surface area contributed by atoms with E-state index >= 15 is 0 Å². The van der Waals surface area contributed by atoms with Gasteiger partial charge < -0.3 is 9.52 Å². The highest BCUT2D eigenvalue weighted by Gasteiger charge is 2.08. The van der Waals surface area contributed by atoms with Gasteiger partial charge in [-0.3, -0.25) is 0 Å². The molecular formula is C15H9FO3. The molecule has 0 aliphatic heterocycles. The highest BCUT2D eigenvalue weighted by molar-refractivity contribution is 5.88. The van der Waals surface area contributed by atoms with Gasteiger partial charge in [0.2, 0.25) is 0 Å². The molecule has 0 saturated carbocycles. The van der Waals surface area contributed by atoms with Crippen LogP contribution < -0.4 is 0 Å². The first-order valence-electron chi connectivity index (χ1n) is 5.66. The third-order valence-corrected chi connectivity index (χ3v) is 2.89. The van der Waals surface area contributed by atoms with Crippen molar-refractivity contribution in [2.24, 2.45) is 0 Å². The Balaban J connectivity index is 2.06. The Bertz CT molecular complexity index is 757. The maximum atomic E-state index is 13.1. The van der Waals surface area contributed by atoms with Crippen molar-refractivity contribution in [3.8, 4) is 11.3 Å². The molecule has 0 aliphatic rings. The van der Waals surface area contributed by atoms with E-state index in [-0.39, 0.29) is 11.4 Å². The van der Waals surface area contributed by atoms with Crippen molar-refractivity contribution in [1.29, 1.82) is 0 Å². The van der Waals surface area contributed by atoms with Gasteiger partial charge in [0.25, 0.3) is 0 Å². The fraction of sp³-hybridized carbons (Fsp3) is 0. The van der Waals surface area contributed by atoms with E-state index in [4.69, 9.17) is 9.52 Å². The Morgan fingerprint density at radius 1 is 1.05 bits per heavy atom. The molecule has 19 heavy (non-hydrogen) atoms. The number of rotatable bonds is 2. The Morgan fingerprint density at radius 2 is 1.79 bits per heavy atom. The number of carboxylic acids is 1. The standard InChI is InChI=1S/C15H9FO3/c16-12-5-6-13-11(7-12)8-14(19-13)9-1-3-10(4-2-9)15(17)18/h1-8H,(H,17,18). The van der Waals surface area contributed by atoms with E-state index in [2.05, 4.69) is 0 Å². The summed E-state index contributed by atoms with van der Waals surface area (Å²) in [6.45, 7) is 0. The molecule has 0 bridgehead atoms. The average Bonchev–Trinajstić information content (AvgIpc) is 2.81. The van der Waals surface area contributed by atoms with Gasteiger partial charge in [-0.15, -0.1) is 0 Å². The first-order chi connectivity index (χ1) is 9.13. The van der Waals surface area contributed by atoms with Crippen LogP contribution >= 0.6 is 0 Å².